The smallest absolute Gasteiger partial charge is 0.281 e. The number of fused-ring (bicyclic) bond motifs is 1. The van der Waals surface area contributed by atoms with Gasteiger partial charge in [0.2, 0.25) is 0 Å². The fraction of sp³-hybridized carbons (Fsp3) is 0.0526. The van der Waals surface area contributed by atoms with Crippen molar-refractivity contribution in [1.29, 1.82) is 5.26 Å². The first-order valence-corrected chi connectivity index (χ1v) is 8.77. The number of H-pyrrole nitrogens is 1. The van der Waals surface area contributed by atoms with Crippen molar-refractivity contribution in [2.75, 3.05) is 0 Å². The molecular weight excluding hydrogens is 346 g/mol. The molecule has 0 aliphatic heterocycles. The Balaban J connectivity index is 1.70. The number of aromatic nitrogens is 3. The van der Waals surface area contributed by atoms with Gasteiger partial charge in [0.25, 0.3) is 5.91 Å². The van der Waals surface area contributed by atoms with Gasteiger partial charge in [-0.05, 0) is 23.8 Å². The Morgan fingerprint density at radius 2 is 2.19 bits per heavy atom. The van der Waals surface area contributed by atoms with Crippen molar-refractivity contribution in [3.63, 3.8) is 0 Å². The number of benzene rings is 1. The molecule has 0 spiro atoms. The highest BCUT2D eigenvalue weighted by molar-refractivity contribution is 7.07. The van der Waals surface area contributed by atoms with Crippen molar-refractivity contribution in [2.24, 2.45) is 4.99 Å². The van der Waals surface area contributed by atoms with E-state index in [9.17, 15) is 10.1 Å². The number of nitriles is 1. The fourth-order valence-electron chi connectivity index (χ4n) is 2.74. The minimum absolute atomic E-state index is 0.325. The lowest BCUT2D eigenvalue weighted by atomic mass is 10.1. The van der Waals surface area contributed by atoms with Gasteiger partial charge < -0.3 is 9.55 Å². The zero-order chi connectivity index (χ0) is 17.9. The van der Waals surface area contributed by atoms with E-state index in [0.717, 1.165) is 10.9 Å². The molecule has 26 heavy (non-hydrogen) atoms. The summed E-state index contributed by atoms with van der Waals surface area (Å²) in [5, 5.41) is 11.9. The van der Waals surface area contributed by atoms with Gasteiger partial charge in [-0.2, -0.15) is 10.3 Å². The van der Waals surface area contributed by atoms with Crippen LogP contribution in [0.15, 0.2) is 65.4 Å². The number of pyridine rings is 1. The van der Waals surface area contributed by atoms with E-state index in [0.29, 0.717) is 28.1 Å². The van der Waals surface area contributed by atoms with Crippen LogP contribution in [0.1, 0.15) is 21.5 Å². The Morgan fingerprint density at radius 1 is 1.31 bits per heavy atom. The van der Waals surface area contributed by atoms with E-state index >= 15 is 0 Å². The fourth-order valence-corrected chi connectivity index (χ4v) is 3.46. The minimum Gasteiger partial charge on any atom is -0.345 e. The average molecular weight is 359 g/mol. The highest BCUT2D eigenvalue weighted by atomic mass is 32.1. The number of nitrogens with one attached hydrogen (secondary N) is 1. The highest BCUT2D eigenvalue weighted by Crippen LogP contribution is 2.16. The summed E-state index contributed by atoms with van der Waals surface area (Å²) in [6.45, 7) is 0.481. The molecule has 0 saturated carbocycles. The van der Waals surface area contributed by atoms with Crippen molar-refractivity contribution in [3.05, 3.63) is 81.9 Å². The zero-order valence-corrected chi connectivity index (χ0v) is 14.4. The van der Waals surface area contributed by atoms with Crippen LogP contribution >= 0.6 is 11.3 Å². The molecule has 0 bridgehead atoms. The largest absolute Gasteiger partial charge is 0.345 e. The molecule has 0 aliphatic carbocycles. The average Bonchev–Trinajstić information content (AvgIpc) is 3.29. The van der Waals surface area contributed by atoms with Gasteiger partial charge >= 0.3 is 0 Å². The van der Waals surface area contributed by atoms with Crippen molar-refractivity contribution in [1.82, 2.24) is 14.5 Å². The lowest BCUT2D eigenvalue weighted by Gasteiger charge is -2.05. The van der Waals surface area contributed by atoms with E-state index in [1.54, 1.807) is 24.5 Å². The van der Waals surface area contributed by atoms with Gasteiger partial charge in [0.05, 0.1) is 23.7 Å². The van der Waals surface area contributed by atoms with E-state index in [1.807, 2.05) is 40.4 Å². The van der Waals surface area contributed by atoms with Gasteiger partial charge in [0.15, 0.2) is 4.80 Å². The molecule has 3 heterocycles. The summed E-state index contributed by atoms with van der Waals surface area (Å²) in [6, 6.07) is 13.2. The monoisotopic (exact) mass is 359 g/mol. The molecule has 0 saturated heterocycles. The molecule has 1 amide bonds. The summed E-state index contributed by atoms with van der Waals surface area (Å²) in [5.74, 6) is -0.325. The van der Waals surface area contributed by atoms with Crippen LogP contribution in [0.5, 0.6) is 0 Å². The second-order valence-corrected chi connectivity index (χ2v) is 6.47. The van der Waals surface area contributed by atoms with Crippen molar-refractivity contribution in [2.45, 2.75) is 6.54 Å². The van der Waals surface area contributed by atoms with Crippen LogP contribution in [0.3, 0.4) is 0 Å². The van der Waals surface area contributed by atoms with Crippen LogP contribution in [0.25, 0.3) is 11.0 Å². The topological polar surface area (TPSA) is 86.8 Å². The number of aromatic amines is 1. The highest BCUT2D eigenvalue weighted by Gasteiger charge is 2.12. The van der Waals surface area contributed by atoms with Gasteiger partial charge in [0.1, 0.15) is 5.65 Å². The van der Waals surface area contributed by atoms with Crippen LogP contribution in [-0.2, 0) is 6.54 Å². The van der Waals surface area contributed by atoms with Crippen LogP contribution in [-0.4, -0.2) is 20.4 Å². The third-order valence-electron chi connectivity index (χ3n) is 4.02. The first kappa shape index (κ1) is 16.0. The molecule has 7 heteroatoms. The van der Waals surface area contributed by atoms with E-state index < -0.39 is 0 Å². The molecule has 4 aromatic rings. The first-order chi connectivity index (χ1) is 12.8. The van der Waals surface area contributed by atoms with Crippen LogP contribution in [0, 0.1) is 11.3 Å². The lowest BCUT2D eigenvalue weighted by molar-refractivity contribution is 0.0999. The zero-order valence-electron chi connectivity index (χ0n) is 13.6. The summed E-state index contributed by atoms with van der Waals surface area (Å²) in [6.07, 6.45) is 5.16. The Kier molecular flexibility index (Phi) is 4.17. The molecule has 3 aromatic heterocycles. The van der Waals surface area contributed by atoms with Gasteiger partial charge in [0, 0.05) is 29.4 Å². The van der Waals surface area contributed by atoms with Gasteiger partial charge in [-0.15, -0.1) is 11.3 Å². The first-order valence-electron chi connectivity index (χ1n) is 7.89. The van der Waals surface area contributed by atoms with E-state index in [-0.39, 0.29) is 5.91 Å². The Morgan fingerprint density at radius 3 is 3.08 bits per heavy atom. The van der Waals surface area contributed by atoms with Crippen molar-refractivity contribution >= 4 is 28.3 Å². The molecule has 0 radical (unpaired) electrons. The van der Waals surface area contributed by atoms with E-state index in [1.165, 1.54) is 11.3 Å². The number of hydrogen-bond acceptors (Lipinski definition) is 4. The number of hydrogen-bond donors (Lipinski definition) is 1. The van der Waals surface area contributed by atoms with Crippen LogP contribution in [0.2, 0.25) is 0 Å². The maximum atomic E-state index is 12.6. The SMILES string of the molecule is N#Cc1ccccc1Cn1ccsc1=NC(=O)c1c[nH]c2ncccc12. The molecule has 0 unspecified atom stereocenters. The maximum Gasteiger partial charge on any atom is 0.281 e. The van der Waals surface area contributed by atoms with Crippen LogP contribution < -0.4 is 4.80 Å². The Labute approximate surface area is 152 Å². The molecule has 0 aliphatic rings. The molecule has 4 rings (SSSR count). The quantitative estimate of drug-likeness (QED) is 0.610. The molecule has 0 atom stereocenters. The number of nitrogens with zero attached hydrogens (tertiary/aromatic N) is 4. The van der Waals surface area contributed by atoms with Gasteiger partial charge in [-0.25, -0.2) is 4.98 Å². The molecule has 1 N–H and O–H groups in total. The normalized spacial score (nSPS) is 11.6. The third kappa shape index (κ3) is 2.94. The Bertz CT molecular complexity index is 1210. The second-order valence-electron chi connectivity index (χ2n) is 5.60. The number of carbonyl (C=O) groups excluding carboxylic acids is 1. The Hall–Kier alpha value is -3.50. The lowest BCUT2D eigenvalue weighted by Crippen LogP contribution is -2.17. The summed E-state index contributed by atoms with van der Waals surface area (Å²) in [5.41, 5.74) is 2.66. The third-order valence-corrected chi connectivity index (χ3v) is 4.81. The second kappa shape index (κ2) is 6.78. The summed E-state index contributed by atoms with van der Waals surface area (Å²) in [4.78, 5) is 24.7. The van der Waals surface area contributed by atoms with Gasteiger partial charge in [-0.3, -0.25) is 4.79 Å². The number of thiazole rings is 1. The number of carbonyl (C=O) groups is 1. The van der Waals surface area contributed by atoms with E-state index in [2.05, 4.69) is 21.0 Å². The molecule has 0 fully saturated rings. The molecular formula is C19H13N5OS. The predicted octanol–water partition coefficient (Wildman–Crippen LogP) is 3.09. The van der Waals surface area contributed by atoms with Gasteiger partial charge in [-0.1, -0.05) is 18.2 Å². The minimum atomic E-state index is -0.325. The standard InChI is InChI=1S/C19H13N5OS/c20-10-13-4-1-2-5-14(13)12-24-8-9-26-19(24)23-18(25)16-11-22-17-15(16)6-3-7-21-17/h1-9,11H,12H2,(H,21,22). The summed E-state index contributed by atoms with van der Waals surface area (Å²) >= 11 is 1.38. The van der Waals surface area contributed by atoms with Crippen LogP contribution in [0.4, 0.5) is 0 Å². The molecule has 1 aromatic carbocycles. The molecule has 6 nitrogen and oxygen atoms in total. The molecule has 126 valence electrons. The van der Waals surface area contributed by atoms with Crippen molar-refractivity contribution < 1.29 is 4.79 Å². The van der Waals surface area contributed by atoms with Crippen molar-refractivity contribution in [3.8, 4) is 6.07 Å². The van der Waals surface area contributed by atoms with E-state index in [4.69, 9.17) is 0 Å². The summed E-state index contributed by atoms with van der Waals surface area (Å²) < 4.78 is 1.87. The maximum absolute atomic E-state index is 12.6. The number of rotatable bonds is 3. The summed E-state index contributed by atoms with van der Waals surface area (Å²) in [7, 11) is 0. The number of amides is 1. The predicted molar refractivity (Wildman–Crippen MR) is 98.6 cm³/mol.